The van der Waals surface area contributed by atoms with Crippen molar-refractivity contribution in [3.05, 3.63) is 9.52 Å². The molecular weight excluding hydrogens is 258 g/mol. The molecule has 0 aromatic heterocycles. The topological polar surface area (TPSA) is 26.3 Å². The number of rotatable bonds is 2. The first kappa shape index (κ1) is 14.6. The van der Waals surface area contributed by atoms with E-state index in [9.17, 15) is 4.79 Å². The number of allylic oxidation sites excluding steroid dienone is 1. The lowest BCUT2D eigenvalue weighted by molar-refractivity contribution is -0.150. The second-order valence-corrected chi connectivity index (χ2v) is 4.50. The van der Waals surface area contributed by atoms with Gasteiger partial charge in [0.1, 0.15) is 14.9 Å². The van der Waals surface area contributed by atoms with Gasteiger partial charge in [0.05, 0.1) is 6.61 Å². The summed E-state index contributed by atoms with van der Waals surface area (Å²) in [5.74, 6) is 4.72. The van der Waals surface area contributed by atoms with Crippen LogP contribution in [0.5, 0.6) is 0 Å². The van der Waals surface area contributed by atoms with Crippen molar-refractivity contribution in [2.75, 3.05) is 6.61 Å². The van der Waals surface area contributed by atoms with Gasteiger partial charge in [-0.15, -0.1) is 0 Å². The molecule has 0 fully saturated rings. The fourth-order valence-electron chi connectivity index (χ4n) is 0.621. The average Bonchev–Trinajstić information content (AvgIpc) is 2.14. The highest BCUT2D eigenvalue weighted by molar-refractivity contribution is 6.60. The third kappa shape index (κ3) is 5.32. The zero-order valence-corrected chi connectivity index (χ0v) is 10.9. The van der Waals surface area contributed by atoms with Crippen LogP contribution in [0.1, 0.15) is 20.8 Å². The molecule has 15 heavy (non-hydrogen) atoms. The fraction of sp³-hybridized carbons (Fsp3) is 0.500. The van der Waals surface area contributed by atoms with E-state index < -0.39 is 11.4 Å². The highest BCUT2D eigenvalue weighted by Gasteiger charge is 2.26. The quantitative estimate of drug-likeness (QED) is 0.567. The molecule has 0 aliphatic rings. The summed E-state index contributed by atoms with van der Waals surface area (Å²) in [6, 6.07) is 0. The van der Waals surface area contributed by atoms with Crippen molar-refractivity contribution in [2.45, 2.75) is 20.8 Å². The summed E-state index contributed by atoms with van der Waals surface area (Å²) < 4.78 is 4.71. The first-order valence-electron chi connectivity index (χ1n) is 4.22. The largest absolute Gasteiger partial charge is 0.465 e. The molecular formula is C10H11Cl3O2. The standard InChI is InChI=1S/C10H11Cl3O2/c1-4-15-9(14)10(2,3)6-5-7(11)8(12)13/h4H2,1-3H3. The molecule has 0 unspecified atom stereocenters. The molecule has 0 saturated heterocycles. The summed E-state index contributed by atoms with van der Waals surface area (Å²) >= 11 is 16.4. The van der Waals surface area contributed by atoms with Crippen molar-refractivity contribution in [3.8, 4) is 11.8 Å². The Morgan fingerprint density at radius 3 is 2.27 bits per heavy atom. The number of ether oxygens (including phenoxy) is 1. The number of carbonyl (C=O) groups is 1. The third-order valence-corrected chi connectivity index (χ3v) is 2.29. The summed E-state index contributed by atoms with van der Waals surface area (Å²) in [6.07, 6.45) is 0. The van der Waals surface area contributed by atoms with Crippen LogP contribution < -0.4 is 0 Å². The number of esters is 1. The van der Waals surface area contributed by atoms with E-state index >= 15 is 0 Å². The second kappa shape index (κ2) is 6.27. The minimum atomic E-state index is -0.931. The van der Waals surface area contributed by atoms with Gasteiger partial charge in [-0.1, -0.05) is 46.6 Å². The van der Waals surface area contributed by atoms with E-state index in [0.717, 1.165) is 0 Å². The monoisotopic (exact) mass is 268 g/mol. The van der Waals surface area contributed by atoms with E-state index in [-0.39, 0.29) is 9.52 Å². The van der Waals surface area contributed by atoms with E-state index in [1.165, 1.54) is 0 Å². The number of hydrogen-bond donors (Lipinski definition) is 0. The first-order valence-corrected chi connectivity index (χ1v) is 5.35. The maximum Gasteiger partial charge on any atom is 0.323 e. The molecule has 5 heteroatoms. The molecule has 0 radical (unpaired) electrons. The summed E-state index contributed by atoms with van der Waals surface area (Å²) in [5, 5.41) is 0.00991. The van der Waals surface area contributed by atoms with Crippen LogP contribution in [-0.2, 0) is 9.53 Å². The van der Waals surface area contributed by atoms with Crippen molar-refractivity contribution in [1.29, 1.82) is 0 Å². The highest BCUT2D eigenvalue weighted by Crippen LogP contribution is 2.19. The molecule has 0 atom stereocenters. The lowest BCUT2D eigenvalue weighted by Crippen LogP contribution is -2.24. The van der Waals surface area contributed by atoms with Gasteiger partial charge in [0.15, 0.2) is 0 Å². The van der Waals surface area contributed by atoms with Crippen LogP contribution in [0.4, 0.5) is 0 Å². The molecule has 0 heterocycles. The number of carbonyl (C=O) groups excluding carboxylic acids is 1. The molecule has 84 valence electrons. The molecule has 0 aliphatic heterocycles. The Hall–Kier alpha value is -0.360. The maximum atomic E-state index is 11.4. The van der Waals surface area contributed by atoms with Gasteiger partial charge in [-0.25, -0.2) is 0 Å². The Kier molecular flexibility index (Phi) is 6.12. The molecule has 0 saturated carbocycles. The second-order valence-electron chi connectivity index (χ2n) is 3.17. The Bertz CT molecular complexity index is 330. The molecule has 0 amide bonds. The highest BCUT2D eigenvalue weighted by atomic mass is 35.5. The smallest absolute Gasteiger partial charge is 0.323 e. The normalized spacial score (nSPS) is 10.0. The number of hydrogen-bond acceptors (Lipinski definition) is 2. The summed E-state index contributed by atoms with van der Waals surface area (Å²) in [6.45, 7) is 5.29. The van der Waals surface area contributed by atoms with Crippen LogP contribution in [-0.4, -0.2) is 12.6 Å². The van der Waals surface area contributed by atoms with Crippen molar-refractivity contribution in [3.63, 3.8) is 0 Å². The van der Waals surface area contributed by atoms with Crippen LogP contribution in [0.2, 0.25) is 0 Å². The fourth-order valence-corrected chi connectivity index (χ4v) is 0.763. The molecule has 0 rings (SSSR count). The van der Waals surface area contributed by atoms with Gasteiger partial charge in [-0.3, -0.25) is 4.79 Å². The molecule has 0 aromatic rings. The predicted molar refractivity (Wildman–Crippen MR) is 62.8 cm³/mol. The minimum Gasteiger partial charge on any atom is -0.465 e. The molecule has 0 aromatic carbocycles. The Morgan fingerprint density at radius 2 is 1.87 bits per heavy atom. The van der Waals surface area contributed by atoms with Gasteiger partial charge >= 0.3 is 5.97 Å². The van der Waals surface area contributed by atoms with Gasteiger partial charge in [0.25, 0.3) is 0 Å². The van der Waals surface area contributed by atoms with E-state index in [4.69, 9.17) is 39.5 Å². The zero-order chi connectivity index (χ0) is 12.1. The van der Waals surface area contributed by atoms with E-state index in [0.29, 0.717) is 6.61 Å². The van der Waals surface area contributed by atoms with Crippen LogP contribution in [0, 0.1) is 17.3 Å². The van der Waals surface area contributed by atoms with Crippen molar-refractivity contribution in [1.82, 2.24) is 0 Å². The zero-order valence-electron chi connectivity index (χ0n) is 8.66. The molecule has 0 aliphatic carbocycles. The van der Waals surface area contributed by atoms with E-state index in [1.807, 2.05) is 0 Å². The van der Waals surface area contributed by atoms with Gasteiger partial charge < -0.3 is 4.74 Å². The van der Waals surface area contributed by atoms with Crippen LogP contribution in [0.3, 0.4) is 0 Å². The van der Waals surface area contributed by atoms with Gasteiger partial charge in [-0.2, -0.15) is 0 Å². The van der Waals surface area contributed by atoms with Crippen molar-refractivity contribution < 1.29 is 9.53 Å². The Balaban J connectivity index is 4.78. The first-order chi connectivity index (χ1) is 6.81. The Labute approximate surface area is 105 Å². The maximum absolute atomic E-state index is 11.4. The molecule has 0 spiro atoms. The summed E-state index contributed by atoms with van der Waals surface area (Å²) in [5.41, 5.74) is -0.931. The summed E-state index contributed by atoms with van der Waals surface area (Å²) in [4.78, 5) is 11.4. The lowest BCUT2D eigenvalue weighted by atomic mass is 9.95. The average molecular weight is 270 g/mol. The SMILES string of the molecule is CCOC(=O)C(C)(C)C#CC(Cl)=C(Cl)Cl. The van der Waals surface area contributed by atoms with Gasteiger partial charge in [-0.05, 0) is 20.8 Å². The van der Waals surface area contributed by atoms with E-state index in [2.05, 4.69) is 11.8 Å². The van der Waals surface area contributed by atoms with Crippen molar-refractivity contribution in [2.24, 2.45) is 5.41 Å². The Morgan fingerprint density at radius 1 is 1.33 bits per heavy atom. The minimum absolute atomic E-state index is 0.00991. The summed E-state index contributed by atoms with van der Waals surface area (Å²) in [7, 11) is 0. The number of halogens is 3. The third-order valence-electron chi connectivity index (χ3n) is 1.44. The predicted octanol–water partition coefficient (Wildman–Crippen LogP) is 3.46. The van der Waals surface area contributed by atoms with Crippen LogP contribution >= 0.6 is 34.8 Å². The molecule has 2 nitrogen and oxygen atoms in total. The van der Waals surface area contributed by atoms with Gasteiger partial charge in [0.2, 0.25) is 0 Å². The van der Waals surface area contributed by atoms with Gasteiger partial charge in [0, 0.05) is 0 Å². The van der Waals surface area contributed by atoms with E-state index in [1.54, 1.807) is 20.8 Å². The lowest BCUT2D eigenvalue weighted by Gasteiger charge is -2.14. The van der Waals surface area contributed by atoms with Crippen LogP contribution in [0.15, 0.2) is 9.52 Å². The molecule has 0 N–H and O–H groups in total. The van der Waals surface area contributed by atoms with Crippen molar-refractivity contribution >= 4 is 40.8 Å². The van der Waals surface area contributed by atoms with Crippen LogP contribution in [0.25, 0.3) is 0 Å². The molecule has 0 bridgehead atoms.